The third-order valence-corrected chi connectivity index (χ3v) is 3.79. The molecule has 1 aromatic carbocycles. The van der Waals surface area contributed by atoms with Crippen molar-refractivity contribution < 1.29 is 9.53 Å². The highest BCUT2D eigenvalue weighted by molar-refractivity contribution is 5.70. The Morgan fingerprint density at radius 1 is 1.08 bits per heavy atom. The lowest BCUT2D eigenvalue weighted by atomic mass is 10.3. The standard InChI is InChI=1S/C17H17N5O2/c18-13-15-16(20-8-7-19-15)21-9-4-10-22(12-11-21)17(23)24-14-5-2-1-3-6-14/h1-3,5-8H,4,9-12H2. The minimum atomic E-state index is -0.359. The Bertz CT molecular complexity index is 744. The Hall–Kier alpha value is -3.14. The number of carbonyl (C=O) groups excluding carboxylic acids is 1. The highest BCUT2D eigenvalue weighted by atomic mass is 16.6. The lowest BCUT2D eigenvalue weighted by Crippen LogP contribution is -2.37. The van der Waals surface area contributed by atoms with Crippen molar-refractivity contribution in [3.63, 3.8) is 0 Å². The van der Waals surface area contributed by atoms with Gasteiger partial charge in [-0.15, -0.1) is 0 Å². The van der Waals surface area contributed by atoms with Gasteiger partial charge in [-0.3, -0.25) is 0 Å². The van der Waals surface area contributed by atoms with Gasteiger partial charge in [-0.25, -0.2) is 14.8 Å². The number of hydrogen-bond donors (Lipinski definition) is 0. The number of aromatic nitrogens is 2. The van der Waals surface area contributed by atoms with Crippen LogP contribution in [0.4, 0.5) is 10.6 Å². The number of rotatable bonds is 2. The molecule has 1 amide bonds. The molecule has 2 aromatic rings. The topological polar surface area (TPSA) is 82.4 Å². The number of ether oxygens (including phenoxy) is 1. The minimum absolute atomic E-state index is 0.304. The monoisotopic (exact) mass is 323 g/mol. The van der Waals surface area contributed by atoms with Gasteiger partial charge in [-0.2, -0.15) is 5.26 Å². The molecule has 2 heterocycles. The van der Waals surface area contributed by atoms with Crippen LogP contribution in [0, 0.1) is 11.3 Å². The molecule has 0 saturated carbocycles. The van der Waals surface area contributed by atoms with Gasteiger partial charge in [0, 0.05) is 38.6 Å². The van der Waals surface area contributed by atoms with Crippen molar-refractivity contribution in [3.05, 3.63) is 48.4 Å². The molecule has 7 heteroatoms. The Morgan fingerprint density at radius 3 is 2.67 bits per heavy atom. The molecular formula is C17H17N5O2. The Labute approximate surface area is 140 Å². The summed E-state index contributed by atoms with van der Waals surface area (Å²) < 4.78 is 5.38. The van der Waals surface area contributed by atoms with E-state index < -0.39 is 0 Å². The van der Waals surface area contributed by atoms with Crippen molar-refractivity contribution in [2.45, 2.75) is 6.42 Å². The first kappa shape index (κ1) is 15.7. The Kier molecular flexibility index (Phi) is 4.87. The zero-order valence-electron chi connectivity index (χ0n) is 13.1. The molecule has 7 nitrogen and oxygen atoms in total. The molecule has 0 radical (unpaired) electrons. The fourth-order valence-electron chi connectivity index (χ4n) is 2.61. The minimum Gasteiger partial charge on any atom is -0.410 e. The molecular weight excluding hydrogens is 306 g/mol. The number of nitriles is 1. The smallest absolute Gasteiger partial charge is 0.410 e. The molecule has 0 N–H and O–H groups in total. The van der Waals surface area contributed by atoms with Crippen molar-refractivity contribution in [2.24, 2.45) is 0 Å². The fraction of sp³-hybridized carbons (Fsp3) is 0.294. The normalized spacial score (nSPS) is 14.6. The van der Waals surface area contributed by atoms with Crippen LogP contribution in [0.5, 0.6) is 5.75 Å². The van der Waals surface area contributed by atoms with E-state index in [9.17, 15) is 4.79 Å². The van der Waals surface area contributed by atoms with Crippen LogP contribution in [-0.4, -0.2) is 47.1 Å². The van der Waals surface area contributed by atoms with Gasteiger partial charge in [0.05, 0.1) is 0 Å². The second-order valence-corrected chi connectivity index (χ2v) is 5.35. The van der Waals surface area contributed by atoms with Crippen LogP contribution in [0.1, 0.15) is 12.1 Å². The predicted octanol–water partition coefficient (Wildman–Crippen LogP) is 2.06. The number of nitrogens with zero attached hydrogens (tertiary/aromatic N) is 5. The fourth-order valence-corrected chi connectivity index (χ4v) is 2.61. The van der Waals surface area contributed by atoms with Crippen LogP contribution in [-0.2, 0) is 0 Å². The summed E-state index contributed by atoms with van der Waals surface area (Å²) in [6.07, 6.45) is 3.49. The number of para-hydroxylation sites is 1. The summed E-state index contributed by atoms with van der Waals surface area (Å²) in [5.74, 6) is 1.10. The maximum Gasteiger partial charge on any atom is 0.415 e. The maximum atomic E-state index is 12.3. The lowest BCUT2D eigenvalue weighted by molar-refractivity contribution is 0.155. The zero-order chi connectivity index (χ0) is 16.8. The van der Waals surface area contributed by atoms with E-state index in [0.29, 0.717) is 43.4 Å². The van der Waals surface area contributed by atoms with Crippen molar-refractivity contribution in [2.75, 3.05) is 31.1 Å². The third-order valence-electron chi connectivity index (χ3n) is 3.79. The average Bonchev–Trinajstić information content (AvgIpc) is 2.88. The zero-order valence-corrected chi connectivity index (χ0v) is 13.1. The van der Waals surface area contributed by atoms with E-state index in [0.717, 1.165) is 6.42 Å². The van der Waals surface area contributed by atoms with E-state index in [2.05, 4.69) is 16.0 Å². The van der Waals surface area contributed by atoms with Crippen molar-refractivity contribution in [3.8, 4) is 11.8 Å². The summed E-state index contributed by atoms with van der Waals surface area (Å²) in [5, 5.41) is 9.16. The molecule has 0 aliphatic carbocycles. The average molecular weight is 323 g/mol. The predicted molar refractivity (Wildman–Crippen MR) is 87.6 cm³/mol. The third kappa shape index (κ3) is 3.60. The highest BCUT2D eigenvalue weighted by Gasteiger charge is 2.22. The first-order chi connectivity index (χ1) is 11.8. The van der Waals surface area contributed by atoms with Crippen LogP contribution in [0.2, 0.25) is 0 Å². The number of hydrogen-bond acceptors (Lipinski definition) is 6. The van der Waals surface area contributed by atoms with Gasteiger partial charge in [0.2, 0.25) is 0 Å². The van der Waals surface area contributed by atoms with Crippen molar-refractivity contribution >= 4 is 11.9 Å². The molecule has 1 aromatic heterocycles. The van der Waals surface area contributed by atoms with E-state index in [-0.39, 0.29) is 6.09 Å². The summed E-state index contributed by atoms with van der Waals surface area (Å²) in [7, 11) is 0. The highest BCUT2D eigenvalue weighted by Crippen LogP contribution is 2.17. The number of amides is 1. The van der Waals surface area contributed by atoms with Crippen molar-refractivity contribution in [1.29, 1.82) is 5.26 Å². The van der Waals surface area contributed by atoms with Gasteiger partial charge in [0.15, 0.2) is 11.5 Å². The largest absolute Gasteiger partial charge is 0.415 e. The van der Waals surface area contributed by atoms with Crippen LogP contribution < -0.4 is 9.64 Å². The van der Waals surface area contributed by atoms with Crippen LogP contribution in [0.15, 0.2) is 42.7 Å². The van der Waals surface area contributed by atoms with Gasteiger partial charge in [0.25, 0.3) is 0 Å². The number of carbonyl (C=O) groups is 1. The molecule has 0 atom stereocenters. The summed E-state index contributed by atoms with van der Waals surface area (Å²) in [5.41, 5.74) is 0.304. The van der Waals surface area contributed by atoms with Crippen LogP contribution in [0.25, 0.3) is 0 Å². The second kappa shape index (κ2) is 7.42. The summed E-state index contributed by atoms with van der Waals surface area (Å²) in [4.78, 5) is 24.3. The molecule has 0 unspecified atom stereocenters. The summed E-state index contributed by atoms with van der Waals surface area (Å²) in [6, 6.07) is 11.1. The second-order valence-electron chi connectivity index (χ2n) is 5.35. The first-order valence-corrected chi connectivity index (χ1v) is 7.76. The van der Waals surface area contributed by atoms with Gasteiger partial charge in [0.1, 0.15) is 11.8 Å². The SMILES string of the molecule is N#Cc1nccnc1N1CCCN(C(=O)Oc2ccccc2)CC1. The van der Waals surface area contributed by atoms with Gasteiger partial charge in [-0.1, -0.05) is 18.2 Å². The summed E-state index contributed by atoms with van der Waals surface area (Å²) >= 11 is 0. The van der Waals surface area contributed by atoms with Gasteiger partial charge >= 0.3 is 6.09 Å². The van der Waals surface area contributed by atoms with E-state index in [1.165, 1.54) is 6.20 Å². The maximum absolute atomic E-state index is 12.3. The molecule has 1 fully saturated rings. The van der Waals surface area contributed by atoms with E-state index in [1.54, 1.807) is 23.2 Å². The quantitative estimate of drug-likeness (QED) is 0.841. The molecule has 0 bridgehead atoms. The molecule has 122 valence electrons. The van der Waals surface area contributed by atoms with Gasteiger partial charge in [-0.05, 0) is 18.6 Å². The van der Waals surface area contributed by atoms with Crippen LogP contribution in [0.3, 0.4) is 0 Å². The van der Waals surface area contributed by atoms with E-state index >= 15 is 0 Å². The lowest BCUT2D eigenvalue weighted by Gasteiger charge is -2.22. The summed E-state index contributed by atoms with van der Waals surface area (Å²) in [6.45, 7) is 2.40. The molecule has 1 aliphatic heterocycles. The molecule has 1 aliphatic rings. The molecule has 3 rings (SSSR count). The molecule has 1 saturated heterocycles. The van der Waals surface area contributed by atoms with E-state index in [1.807, 2.05) is 23.1 Å². The number of benzene rings is 1. The Morgan fingerprint density at radius 2 is 1.88 bits per heavy atom. The first-order valence-electron chi connectivity index (χ1n) is 7.76. The number of anilines is 1. The van der Waals surface area contributed by atoms with E-state index in [4.69, 9.17) is 10.00 Å². The van der Waals surface area contributed by atoms with Gasteiger partial charge < -0.3 is 14.5 Å². The Balaban J connectivity index is 1.65. The molecule has 24 heavy (non-hydrogen) atoms. The van der Waals surface area contributed by atoms with Crippen molar-refractivity contribution in [1.82, 2.24) is 14.9 Å². The molecule has 0 spiro atoms. The van der Waals surface area contributed by atoms with Crippen LogP contribution >= 0.6 is 0 Å².